The summed E-state index contributed by atoms with van der Waals surface area (Å²) in [5.41, 5.74) is 0.593. The van der Waals surface area contributed by atoms with E-state index in [0.29, 0.717) is 16.3 Å². The standard InChI is InChI=1S/C10H8ClNO2/c11-7-1-2-9-8(3-7)10(13)6(4-12)5-14-9/h1-3,6,10,13H,5H2. The predicted molar refractivity (Wildman–Crippen MR) is 51.0 cm³/mol. The molecule has 0 radical (unpaired) electrons. The van der Waals surface area contributed by atoms with Crippen molar-refractivity contribution in [3.63, 3.8) is 0 Å². The summed E-state index contributed by atoms with van der Waals surface area (Å²) in [6.45, 7) is 0.228. The zero-order chi connectivity index (χ0) is 10.1. The summed E-state index contributed by atoms with van der Waals surface area (Å²) in [6, 6.07) is 7.02. The average molecular weight is 210 g/mol. The first-order chi connectivity index (χ1) is 6.72. The Morgan fingerprint density at radius 2 is 2.36 bits per heavy atom. The van der Waals surface area contributed by atoms with Crippen molar-refractivity contribution in [2.24, 2.45) is 5.92 Å². The van der Waals surface area contributed by atoms with E-state index in [0.717, 1.165) is 0 Å². The number of rotatable bonds is 0. The van der Waals surface area contributed by atoms with Gasteiger partial charge in [-0.15, -0.1) is 0 Å². The van der Waals surface area contributed by atoms with Gasteiger partial charge in [0.05, 0.1) is 6.07 Å². The topological polar surface area (TPSA) is 53.2 Å². The monoisotopic (exact) mass is 209 g/mol. The van der Waals surface area contributed by atoms with Gasteiger partial charge in [-0.05, 0) is 18.2 Å². The van der Waals surface area contributed by atoms with Crippen molar-refractivity contribution in [1.29, 1.82) is 5.26 Å². The number of nitriles is 1. The summed E-state index contributed by atoms with van der Waals surface area (Å²) in [5, 5.41) is 19.1. The van der Waals surface area contributed by atoms with Crippen molar-refractivity contribution in [2.75, 3.05) is 6.61 Å². The van der Waals surface area contributed by atoms with Crippen LogP contribution in [0.25, 0.3) is 0 Å². The van der Waals surface area contributed by atoms with E-state index in [4.69, 9.17) is 21.6 Å². The van der Waals surface area contributed by atoms with Crippen LogP contribution in [0.3, 0.4) is 0 Å². The second-order valence-electron chi connectivity index (χ2n) is 3.17. The Hall–Kier alpha value is -1.24. The number of benzene rings is 1. The van der Waals surface area contributed by atoms with E-state index in [1.165, 1.54) is 0 Å². The third-order valence-electron chi connectivity index (χ3n) is 2.26. The molecule has 1 N–H and O–H groups in total. The summed E-state index contributed by atoms with van der Waals surface area (Å²) in [5.74, 6) is 0.0920. The Bertz CT molecular complexity index is 400. The molecule has 0 saturated heterocycles. The number of ether oxygens (including phenoxy) is 1. The van der Waals surface area contributed by atoms with Crippen LogP contribution in [0.4, 0.5) is 0 Å². The van der Waals surface area contributed by atoms with Gasteiger partial charge in [0.25, 0.3) is 0 Å². The second-order valence-corrected chi connectivity index (χ2v) is 3.61. The van der Waals surface area contributed by atoms with Crippen LogP contribution in [0.15, 0.2) is 18.2 Å². The van der Waals surface area contributed by atoms with Gasteiger partial charge in [0.15, 0.2) is 0 Å². The lowest BCUT2D eigenvalue weighted by molar-refractivity contribution is 0.0781. The Morgan fingerprint density at radius 1 is 1.57 bits per heavy atom. The molecule has 0 bridgehead atoms. The van der Waals surface area contributed by atoms with Gasteiger partial charge in [-0.1, -0.05) is 11.6 Å². The van der Waals surface area contributed by atoms with E-state index < -0.39 is 12.0 Å². The van der Waals surface area contributed by atoms with E-state index in [-0.39, 0.29) is 6.61 Å². The summed E-state index contributed by atoms with van der Waals surface area (Å²) < 4.78 is 5.31. The second kappa shape index (κ2) is 3.49. The molecule has 1 aromatic rings. The molecular formula is C10H8ClNO2. The molecule has 1 heterocycles. The van der Waals surface area contributed by atoms with E-state index in [9.17, 15) is 5.11 Å². The van der Waals surface area contributed by atoms with E-state index in [1.54, 1.807) is 18.2 Å². The number of hydrogen-bond acceptors (Lipinski definition) is 3. The highest BCUT2D eigenvalue weighted by molar-refractivity contribution is 6.30. The fourth-order valence-electron chi connectivity index (χ4n) is 1.48. The maximum atomic E-state index is 9.78. The van der Waals surface area contributed by atoms with Gasteiger partial charge in [0.1, 0.15) is 24.4 Å². The van der Waals surface area contributed by atoms with Gasteiger partial charge in [-0.25, -0.2) is 0 Å². The lowest BCUT2D eigenvalue weighted by atomic mass is 9.94. The number of hydrogen-bond donors (Lipinski definition) is 1. The zero-order valence-electron chi connectivity index (χ0n) is 7.27. The van der Waals surface area contributed by atoms with Gasteiger partial charge in [0.2, 0.25) is 0 Å². The molecule has 2 atom stereocenters. The van der Waals surface area contributed by atoms with Crippen LogP contribution in [0.5, 0.6) is 5.75 Å². The molecular weight excluding hydrogens is 202 g/mol. The molecule has 0 aliphatic carbocycles. The van der Waals surface area contributed by atoms with Crippen LogP contribution < -0.4 is 4.74 Å². The molecule has 0 fully saturated rings. The van der Waals surface area contributed by atoms with Crippen molar-refractivity contribution in [2.45, 2.75) is 6.10 Å². The van der Waals surface area contributed by atoms with Crippen LogP contribution >= 0.6 is 11.6 Å². The molecule has 2 unspecified atom stereocenters. The van der Waals surface area contributed by atoms with Crippen LogP contribution in [0, 0.1) is 17.2 Å². The van der Waals surface area contributed by atoms with Gasteiger partial charge in [-0.2, -0.15) is 5.26 Å². The van der Waals surface area contributed by atoms with Gasteiger partial charge < -0.3 is 9.84 Å². The molecule has 0 amide bonds. The Balaban J connectivity index is 2.44. The molecule has 1 aliphatic rings. The highest BCUT2D eigenvalue weighted by atomic mass is 35.5. The fourth-order valence-corrected chi connectivity index (χ4v) is 1.66. The molecule has 2 rings (SSSR count). The highest BCUT2D eigenvalue weighted by Crippen LogP contribution is 2.36. The molecule has 0 spiro atoms. The first kappa shape index (κ1) is 9.32. The smallest absolute Gasteiger partial charge is 0.125 e. The van der Waals surface area contributed by atoms with Crippen LogP contribution in [-0.2, 0) is 0 Å². The number of fused-ring (bicyclic) bond motifs is 1. The van der Waals surface area contributed by atoms with Gasteiger partial charge >= 0.3 is 0 Å². The zero-order valence-corrected chi connectivity index (χ0v) is 8.03. The predicted octanol–water partition coefficient (Wildman–Crippen LogP) is 1.91. The minimum absolute atomic E-state index is 0.228. The van der Waals surface area contributed by atoms with Gasteiger partial charge in [-0.3, -0.25) is 0 Å². The summed E-state index contributed by atoms with van der Waals surface area (Å²) >= 11 is 5.78. The quantitative estimate of drug-likeness (QED) is 0.710. The molecule has 0 aromatic heterocycles. The molecule has 1 aromatic carbocycles. The Morgan fingerprint density at radius 3 is 3.07 bits per heavy atom. The Kier molecular flexibility index (Phi) is 2.32. The lowest BCUT2D eigenvalue weighted by Crippen LogP contribution is -2.24. The van der Waals surface area contributed by atoms with Crippen molar-refractivity contribution >= 4 is 11.6 Å². The molecule has 3 nitrogen and oxygen atoms in total. The van der Waals surface area contributed by atoms with Crippen LogP contribution in [-0.4, -0.2) is 11.7 Å². The maximum Gasteiger partial charge on any atom is 0.125 e. The number of aliphatic hydroxyl groups excluding tert-OH is 1. The van der Waals surface area contributed by atoms with E-state index in [1.807, 2.05) is 6.07 Å². The molecule has 72 valence electrons. The Labute approximate surface area is 86.5 Å². The molecule has 4 heteroatoms. The van der Waals surface area contributed by atoms with E-state index in [2.05, 4.69) is 0 Å². The highest BCUT2D eigenvalue weighted by Gasteiger charge is 2.29. The number of halogens is 1. The van der Waals surface area contributed by atoms with Crippen molar-refractivity contribution < 1.29 is 9.84 Å². The molecule has 0 saturated carbocycles. The van der Waals surface area contributed by atoms with E-state index >= 15 is 0 Å². The fraction of sp³-hybridized carbons (Fsp3) is 0.300. The normalized spacial score (nSPS) is 24.6. The third kappa shape index (κ3) is 1.43. The SMILES string of the molecule is N#CC1COc2ccc(Cl)cc2C1O. The minimum Gasteiger partial charge on any atom is -0.492 e. The first-order valence-corrected chi connectivity index (χ1v) is 4.60. The summed E-state index contributed by atoms with van der Waals surface area (Å²) in [6.07, 6.45) is -0.803. The van der Waals surface area contributed by atoms with Crippen molar-refractivity contribution in [1.82, 2.24) is 0 Å². The molecule has 1 aliphatic heterocycles. The van der Waals surface area contributed by atoms with Crippen molar-refractivity contribution in [3.05, 3.63) is 28.8 Å². The summed E-state index contributed by atoms with van der Waals surface area (Å²) in [7, 11) is 0. The lowest BCUT2D eigenvalue weighted by Gasteiger charge is -2.26. The first-order valence-electron chi connectivity index (χ1n) is 4.22. The van der Waals surface area contributed by atoms with Gasteiger partial charge in [0, 0.05) is 10.6 Å². The number of aliphatic hydroxyl groups is 1. The minimum atomic E-state index is -0.803. The maximum absolute atomic E-state index is 9.78. The van der Waals surface area contributed by atoms with Crippen LogP contribution in [0.1, 0.15) is 11.7 Å². The average Bonchev–Trinajstić information content (AvgIpc) is 2.20. The largest absolute Gasteiger partial charge is 0.492 e. The number of nitrogens with zero attached hydrogens (tertiary/aromatic N) is 1. The third-order valence-corrected chi connectivity index (χ3v) is 2.49. The summed E-state index contributed by atoms with van der Waals surface area (Å²) in [4.78, 5) is 0. The molecule has 14 heavy (non-hydrogen) atoms. The van der Waals surface area contributed by atoms with Crippen LogP contribution in [0.2, 0.25) is 5.02 Å². The van der Waals surface area contributed by atoms with Crippen molar-refractivity contribution in [3.8, 4) is 11.8 Å².